The van der Waals surface area contributed by atoms with E-state index >= 15 is 0 Å². The molecule has 2 heterocycles. The zero-order chi connectivity index (χ0) is 16.4. The number of aromatic amines is 1. The maximum Gasteiger partial charge on any atom is 0.409 e. The number of carbonyl (C=O) groups excluding carboxylic acids is 1. The minimum Gasteiger partial charge on any atom is -0.453 e. The number of rotatable bonds is 2. The second kappa shape index (κ2) is 6.50. The summed E-state index contributed by atoms with van der Waals surface area (Å²) in [6.07, 6.45) is 0.997. The molecule has 1 aliphatic heterocycles. The molecule has 7 heteroatoms. The van der Waals surface area contributed by atoms with E-state index in [1.807, 2.05) is 12.1 Å². The topological polar surface area (TPSA) is 75.5 Å². The second-order valence-electron chi connectivity index (χ2n) is 5.57. The first-order valence-corrected chi connectivity index (χ1v) is 7.74. The van der Waals surface area contributed by atoms with Crippen LogP contribution in [0.3, 0.4) is 0 Å². The number of aromatic nitrogens is 1. The third kappa shape index (κ3) is 3.27. The summed E-state index contributed by atoms with van der Waals surface area (Å²) in [5, 5.41) is 2.96. The Morgan fingerprint density at radius 3 is 2.74 bits per heavy atom. The molecule has 1 N–H and O–H groups in total. The number of piperidine rings is 1. The van der Waals surface area contributed by atoms with E-state index in [1.54, 1.807) is 17.0 Å². The van der Waals surface area contributed by atoms with Crippen molar-refractivity contribution in [1.82, 2.24) is 10.1 Å². The van der Waals surface area contributed by atoms with Gasteiger partial charge in [-0.1, -0.05) is 23.7 Å². The summed E-state index contributed by atoms with van der Waals surface area (Å²) in [4.78, 5) is 25.1. The SMILES string of the molecule is COC(=O)N1CCC(c2cc(=O)[nH]o2)CC1c1ccc(Cl)cc1. The van der Waals surface area contributed by atoms with Gasteiger partial charge in [0.05, 0.1) is 13.2 Å². The number of H-pyrrole nitrogens is 1. The predicted molar refractivity (Wildman–Crippen MR) is 84.6 cm³/mol. The number of methoxy groups -OCH3 is 1. The Labute approximate surface area is 138 Å². The molecule has 2 atom stereocenters. The first kappa shape index (κ1) is 15.7. The molecule has 1 aliphatic rings. The lowest BCUT2D eigenvalue weighted by Gasteiger charge is -2.38. The molecular weight excluding hydrogens is 320 g/mol. The smallest absolute Gasteiger partial charge is 0.409 e. The molecule has 1 aromatic heterocycles. The summed E-state index contributed by atoms with van der Waals surface area (Å²) >= 11 is 5.95. The van der Waals surface area contributed by atoms with Crippen molar-refractivity contribution in [3.05, 3.63) is 57.0 Å². The quantitative estimate of drug-likeness (QED) is 0.912. The highest BCUT2D eigenvalue weighted by molar-refractivity contribution is 6.30. The molecule has 1 saturated heterocycles. The van der Waals surface area contributed by atoms with Gasteiger partial charge in [0.15, 0.2) is 0 Å². The van der Waals surface area contributed by atoms with Gasteiger partial charge in [0.1, 0.15) is 5.76 Å². The Balaban J connectivity index is 1.89. The zero-order valence-electron chi connectivity index (χ0n) is 12.6. The van der Waals surface area contributed by atoms with E-state index < -0.39 is 0 Å². The maximum absolute atomic E-state index is 12.1. The Kier molecular flexibility index (Phi) is 4.43. The Morgan fingerprint density at radius 2 is 2.13 bits per heavy atom. The third-order valence-corrected chi connectivity index (χ3v) is 4.46. The number of nitrogens with one attached hydrogen (secondary N) is 1. The van der Waals surface area contributed by atoms with E-state index in [2.05, 4.69) is 5.16 Å². The number of ether oxygens (including phenoxy) is 1. The minimum atomic E-state index is -0.362. The highest BCUT2D eigenvalue weighted by Crippen LogP contribution is 2.39. The van der Waals surface area contributed by atoms with Gasteiger partial charge in [-0.3, -0.25) is 4.79 Å². The van der Waals surface area contributed by atoms with Crippen LogP contribution in [-0.4, -0.2) is 29.8 Å². The molecule has 0 saturated carbocycles. The van der Waals surface area contributed by atoms with Crippen LogP contribution in [0.4, 0.5) is 4.79 Å². The highest BCUT2D eigenvalue weighted by Gasteiger charge is 2.35. The summed E-state index contributed by atoms with van der Waals surface area (Å²) in [6.45, 7) is 0.527. The van der Waals surface area contributed by atoms with Gasteiger partial charge in [-0.15, -0.1) is 0 Å². The van der Waals surface area contributed by atoms with Crippen LogP contribution in [0.1, 0.15) is 36.1 Å². The van der Waals surface area contributed by atoms with Crippen molar-refractivity contribution in [3.63, 3.8) is 0 Å². The normalized spacial score (nSPS) is 21.2. The van der Waals surface area contributed by atoms with Gasteiger partial charge in [0, 0.05) is 23.6 Å². The molecule has 6 nitrogen and oxygen atoms in total. The van der Waals surface area contributed by atoms with E-state index in [9.17, 15) is 9.59 Å². The number of halogens is 1. The average Bonchev–Trinajstić information content (AvgIpc) is 3.01. The van der Waals surface area contributed by atoms with Crippen molar-refractivity contribution in [2.24, 2.45) is 0 Å². The lowest BCUT2D eigenvalue weighted by Crippen LogP contribution is -2.40. The summed E-state index contributed by atoms with van der Waals surface area (Å²) in [5.41, 5.74) is 0.723. The van der Waals surface area contributed by atoms with Crippen molar-refractivity contribution in [3.8, 4) is 0 Å². The standard InChI is InChI=1S/C16H17ClN2O4/c1-22-16(21)19-7-6-11(14-9-15(20)18-23-14)8-13(19)10-2-4-12(17)5-3-10/h2-5,9,11,13H,6-8H2,1H3,(H,18,20). The number of carbonyl (C=O) groups is 1. The van der Waals surface area contributed by atoms with Crippen LogP contribution in [-0.2, 0) is 4.74 Å². The Hall–Kier alpha value is -2.21. The molecule has 0 radical (unpaired) electrons. The molecule has 1 fully saturated rings. The van der Waals surface area contributed by atoms with Crippen LogP contribution < -0.4 is 5.56 Å². The van der Waals surface area contributed by atoms with E-state index in [-0.39, 0.29) is 23.6 Å². The van der Waals surface area contributed by atoms with Crippen molar-refractivity contribution >= 4 is 17.7 Å². The number of likely N-dealkylation sites (tertiary alicyclic amines) is 1. The number of nitrogens with zero attached hydrogens (tertiary/aromatic N) is 1. The number of amides is 1. The van der Waals surface area contributed by atoms with Gasteiger partial charge in [-0.2, -0.15) is 5.16 Å². The van der Waals surface area contributed by atoms with E-state index in [0.717, 1.165) is 5.56 Å². The molecule has 2 unspecified atom stereocenters. The molecule has 3 rings (SSSR count). The monoisotopic (exact) mass is 336 g/mol. The first-order chi connectivity index (χ1) is 11.1. The van der Waals surface area contributed by atoms with Crippen molar-refractivity contribution in [2.45, 2.75) is 24.8 Å². The van der Waals surface area contributed by atoms with Gasteiger partial charge < -0.3 is 14.2 Å². The van der Waals surface area contributed by atoms with Crippen molar-refractivity contribution < 1.29 is 14.1 Å². The largest absolute Gasteiger partial charge is 0.453 e. The molecule has 1 aromatic carbocycles. The number of hydrogen-bond donors (Lipinski definition) is 1. The van der Waals surface area contributed by atoms with Crippen LogP contribution in [0.5, 0.6) is 0 Å². The van der Waals surface area contributed by atoms with Crippen molar-refractivity contribution in [1.29, 1.82) is 0 Å². The number of benzene rings is 1. The van der Waals surface area contributed by atoms with Crippen LogP contribution in [0, 0.1) is 0 Å². The van der Waals surface area contributed by atoms with Gasteiger partial charge in [-0.05, 0) is 30.5 Å². The summed E-state index contributed by atoms with van der Waals surface area (Å²) in [5.74, 6) is 0.689. The van der Waals surface area contributed by atoms with E-state index in [4.69, 9.17) is 20.9 Å². The van der Waals surface area contributed by atoms with E-state index in [1.165, 1.54) is 13.2 Å². The third-order valence-electron chi connectivity index (χ3n) is 4.21. The zero-order valence-corrected chi connectivity index (χ0v) is 13.4. The average molecular weight is 337 g/mol. The molecular formula is C16H17ClN2O4. The molecule has 0 aliphatic carbocycles. The number of hydrogen-bond acceptors (Lipinski definition) is 4. The van der Waals surface area contributed by atoms with Gasteiger partial charge in [0.25, 0.3) is 5.56 Å². The van der Waals surface area contributed by atoms with Crippen LogP contribution in [0.15, 0.2) is 39.6 Å². The van der Waals surface area contributed by atoms with Crippen LogP contribution >= 0.6 is 11.6 Å². The fourth-order valence-corrected chi connectivity index (χ4v) is 3.19. The molecule has 122 valence electrons. The lowest BCUT2D eigenvalue weighted by molar-refractivity contribution is 0.0815. The molecule has 1 amide bonds. The molecule has 23 heavy (non-hydrogen) atoms. The van der Waals surface area contributed by atoms with Crippen LogP contribution in [0.25, 0.3) is 0 Å². The molecule has 0 bridgehead atoms. The summed E-state index contributed by atoms with van der Waals surface area (Å²) in [7, 11) is 1.37. The molecule has 2 aromatic rings. The van der Waals surface area contributed by atoms with Gasteiger partial charge >= 0.3 is 6.09 Å². The fourth-order valence-electron chi connectivity index (χ4n) is 3.06. The minimum absolute atomic E-state index is 0.0653. The van der Waals surface area contributed by atoms with Crippen molar-refractivity contribution in [2.75, 3.05) is 13.7 Å². The Morgan fingerprint density at radius 1 is 1.39 bits per heavy atom. The highest BCUT2D eigenvalue weighted by atomic mass is 35.5. The fraction of sp³-hybridized carbons (Fsp3) is 0.375. The van der Waals surface area contributed by atoms with Gasteiger partial charge in [-0.25, -0.2) is 4.79 Å². The summed E-state index contributed by atoms with van der Waals surface area (Å²) < 4.78 is 10.1. The van der Waals surface area contributed by atoms with E-state index in [0.29, 0.717) is 30.2 Å². The second-order valence-corrected chi connectivity index (χ2v) is 6.00. The lowest BCUT2D eigenvalue weighted by atomic mass is 9.86. The van der Waals surface area contributed by atoms with Gasteiger partial charge in [0.2, 0.25) is 0 Å². The Bertz CT molecular complexity index is 737. The molecule has 0 spiro atoms. The summed E-state index contributed by atoms with van der Waals surface area (Å²) in [6, 6.07) is 8.71. The maximum atomic E-state index is 12.1. The van der Waals surface area contributed by atoms with Crippen LogP contribution in [0.2, 0.25) is 5.02 Å². The first-order valence-electron chi connectivity index (χ1n) is 7.37. The predicted octanol–water partition coefficient (Wildman–Crippen LogP) is 3.31.